The van der Waals surface area contributed by atoms with Crippen molar-refractivity contribution in [3.05, 3.63) is 58.9 Å². The van der Waals surface area contributed by atoms with E-state index in [1.54, 1.807) is 13.1 Å². The molecule has 140 valence electrons. The molecule has 0 saturated heterocycles. The van der Waals surface area contributed by atoms with Crippen LogP contribution in [0, 0.1) is 13.8 Å². The van der Waals surface area contributed by atoms with Crippen molar-refractivity contribution in [1.82, 2.24) is 15.6 Å². The standard InChI is InChI=1S/C19H26N4O2S/c1-14-11-17(7-8-18(14)26(4,24)25)13-23-19(20-3)21-10-9-16-6-5-15(2)22-12-16/h5-8,11-12H,9-10,13H2,1-4H3,(H2,20,21,23). The largest absolute Gasteiger partial charge is 0.356 e. The van der Waals surface area contributed by atoms with E-state index < -0.39 is 9.84 Å². The predicted octanol–water partition coefficient (Wildman–Crippen LogP) is 2.01. The molecular formula is C19H26N4O2S. The van der Waals surface area contributed by atoms with Crippen LogP contribution in [-0.4, -0.2) is 39.2 Å². The molecule has 0 amide bonds. The first-order chi connectivity index (χ1) is 12.3. The fourth-order valence-corrected chi connectivity index (χ4v) is 3.57. The maximum absolute atomic E-state index is 11.7. The van der Waals surface area contributed by atoms with E-state index >= 15 is 0 Å². The minimum atomic E-state index is -3.19. The molecule has 0 fully saturated rings. The van der Waals surface area contributed by atoms with Crippen LogP contribution in [0.5, 0.6) is 0 Å². The predicted molar refractivity (Wildman–Crippen MR) is 105 cm³/mol. The zero-order chi connectivity index (χ0) is 19.2. The summed E-state index contributed by atoms with van der Waals surface area (Å²) < 4.78 is 23.4. The van der Waals surface area contributed by atoms with Crippen LogP contribution < -0.4 is 10.6 Å². The first-order valence-electron chi connectivity index (χ1n) is 8.45. The summed E-state index contributed by atoms with van der Waals surface area (Å²) in [4.78, 5) is 8.87. The Bertz CT molecular complexity index is 875. The maximum Gasteiger partial charge on any atom is 0.191 e. The summed E-state index contributed by atoms with van der Waals surface area (Å²) in [6.07, 6.45) is 3.97. The maximum atomic E-state index is 11.7. The zero-order valence-electron chi connectivity index (χ0n) is 15.7. The van der Waals surface area contributed by atoms with Crippen LogP contribution in [0.3, 0.4) is 0 Å². The van der Waals surface area contributed by atoms with Crippen molar-refractivity contribution in [2.75, 3.05) is 19.8 Å². The average molecular weight is 375 g/mol. The minimum absolute atomic E-state index is 0.371. The van der Waals surface area contributed by atoms with Gasteiger partial charge in [0.15, 0.2) is 15.8 Å². The number of nitrogens with one attached hydrogen (secondary N) is 2. The summed E-state index contributed by atoms with van der Waals surface area (Å²) >= 11 is 0. The second-order valence-electron chi connectivity index (χ2n) is 6.28. The summed E-state index contributed by atoms with van der Waals surface area (Å²) in [5.41, 5.74) is 3.93. The molecule has 0 saturated carbocycles. The van der Waals surface area contributed by atoms with Crippen molar-refractivity contribution in [3.8, 4) is 0 Å². The molecular weight excluding hydrogens is 348 g/mol. The summed E-state index contributed by atoms with van der Waals surface area (Å²) in [5.74, 6) is 0.704. The van der Waals surface area contributed by atoms with E-state index in [-0.39, 0.29) is 0 Å². The van der Waals surface area contributed by atoms with Crippen LogP contribution in [0.25, 0.3) is 0 Å². The van der Waals surface area contributed by atoms with Crippen molar-refractivity contribution in [3.63, 3.8) is 0 Å². The van der Waals surface area contributed by atoms with E-state index in [1.807, 2.05) is 38.2 Å². The van der Waals surface area contributed by atoms with Gasteiger partial charge in [-0.1, -0.05) is 18.2 Å². The van der Waals surface area contributed by atoms with Crippen LogP contribution in [0.4, 0.5) is 0 Å². The van der Waals surface area contributed by atoms with Crippen molar-refractivity contribution >= 4 is 15.8 Å². The van der Waals surface area contributed by atoms with Gasteiger partial charge in [0, 0.05) is 38.3 Å². The number of rotatable bonds is 6. The normalized spacial score (nSPS) is 12.1. The van der Waals surface area contributed by atoms with Gasteiger partial charge in [0.25, 0.3) is 0 Å². The summed E-state index contributed by atoms with van der Waals surface area (Å²) in [6.45, 7) is 5.09. The lowest BCUT2D eigenvalue weighted by atomic mass is 10.1. The number of sulfone groups is 1. The SMILES string of the molecule is CN=C(NCCc1ccc(C)nc1)NCc1ccc(S(C)(=O)=O)c(C)c1. The Morgan fingerprint density at radius 1 is 1.12 bits per heavy atom. The van der Waals surface area contributed by atoms with Crippen LogP contribution in [0.2, 0.25) is 0 Å². The average Bonchev–Trinajstić information content (AvgIpc) is 2.58. The molecule has 0 spiro atoms. The molecule has 2 N–H and O–H groups in total. The van der Waals surface area contributed by atoms with Crippen molar-refractivity contribution < 1.29 is 8.42 Å². The molecule has 0 aliphatic rings. The Morgan fingerprint density at radius 3 is 2.42 bits per heavy atom. The summed E-state index contributed by atoms with van der Waals surface area (Å²) in [5, 5.41) is 6.51. The van der Waals surface area contributed by atoms with Crippen LogP contribution >= 0.6 is 0 Å². The monoisotopic (exact) mass is 374 g/mol. The Kier molecular flexibility index (Phi) is 6.74. The quantitative estimate of drug-likeness (QED) is 0.597. The van der Waals surface area contributed by atoms with Gasteiger partial charge in [-0.2, -0.15) is 0 Å². The van der Waals surface area contributed by atoms with Crippen molar-refractivity contribution in [1.29, 1.82) is 0 Å². The summed E-state index contributed by atoms with van der Waals surface area (Å²) in [6, 6.07) is 9.44. The highest BCUT2D eigenvalue weighted by molar-refractivity contribution is 7.90. The molecule has 1 aromatic heterocycles. The number of pyridine rings is 1. The Morgan fingerprint density at radius 2 is 1.85 bits per heavy atom. The van der Waals surface area contributed by atoms with Gasteiger partial charge in [0.1, 0.15) is 0 Å². The molecule has 7 heteroatoms. The minimum Gasteiger partial charge on any atom is -0.356 e. The molecule has 0 unspecified atom stereocenters. The lowest BCUT2D eigenvalue weighted by Crippen LogP contribution is -2.37. The molecule has 2 aromatic rings. The first kappa shape index (κ1) is 19.9. The Hall–Kier alpha value is -2.41. The van der Waals surface area contributed by atoms with Gasteiger partial charge in [-0.15, -0.1) is 0 Å². The lowest BCUT2D eigenvalue weighted by Gasteiger charge is -2.13. The van der Waals surface area contributed by atoms with E-state index in [9.17, 15) is 8.42 Å². The van der Waals surface area contributed by atoms with Crippen LogP contribution in [0.1, 0.15) is 22.4 Å². The first-order valence-corrected chi connectivity index (χ1v) is 10.3. The Labute approximate surface area is 155 Å². The number of nitrogens with zero attached hydrogens (tertiary/aromatic N) is 2. The van der Waals surface area contributed by atoms with Crippen molar-refractivity contribution in [2.24, 2.45) is 4.99 Å². The van der Waals surface area contributed by atoms with Crippen LogP contribution in [-0.2, 0) is 22.8 Å². The third kappa shape index (κ3) is 5.84. The number of benzene rings is 1. The van der Waals surface area contributed by atoms with E-state index in [0.717, 1.165) is 29.8 Å². The van der Waals surface area contributed by atoms with E-state index in [4.69, 9.17) is 0 Å². The van der Waals surface area contributed by atoms with Crippen LogP contribution in [0.15, 0.2) is 46.4 Å². The molecule has 2 rings (SSSR count). The molecule has 0 bridgehead atoms. The fraction of sp³-hybridized carbons (Fsp3) is 0.368. The molecule has 0 aliphatic carbocycles. The van der Waals surface area contributed by atoms with Gasteiger partial charge in [-0.25, -0.2) is 8.42 Å². The second-order valence-corrected chi connectivity index (χ2v) is 8.27. The fourth-order valence-electron chi connectivity index (χ4n) is 2.62. The van der Waals surface area contributed by atoms with Gasteiger partial charge >= 0.3 is 0 Å². The molecule has 0 atom stereocenters. The molecule has 0 aliphatic heterocycles. The molecule has 0 radical (unpaired) electrons. The van der Waals surface area contributed by atoms with Gasteiger partial charge in [0.2, 0.25) is 0 Å². The topological polar surface area (TPSA) is 83.4 Å². The lowest BCUT2D eigenvalue weighted by molar-refractivity contribution is 0.601. The molecule has 1 aromatic carbocycles. The van der Waals surface area contributed by atoms with Gasteiger partial charge in [-0.05, 0) is 49.1 Å². The van der Waals surface area contributed by atoms with E-state index in [1.165, 1.54) is 11.8 Å². The third-order valence-electron chi connectivity index (χ3n) is 4.00. The zero-order valence-corrected chi connectivity index (χ0v) is 16.5. The van der Waals surface area contributed by atoms with E-state index in [2.05, 4.69) is 26.7 Å². The van der Waals surface area contributed by atoms with Gasteiger partial charge in [-0.3, -0.25) is 9.98 Å². The highest BCUT2D eigenvalue weighted by atomic mass is 32.2. The van der Waals surface area contributed by atoms with Gasteiger partial charge < -0.3 is 10.6 Å². The number of hydrogen-bond acceptors (Lipinski definition) is 4. The Balaban J connectivity index is 1.87. The number of aliphatic imine (C=N–C) groups is 1. The number of hydrogen-bond donors (Lipinski definition) is 2. The number of aryl methyl sites for hydroxylation is 2. The van der Waals surface area contributed by atoms with E-state index in [0.29, 0.717) is 17.4 Å². The molecule has 6 nitrogen and oxygen atoms in total. The highest BCUT2D eigenvalue weighted by Gasteiger charge is 2.10. The highest BCUT2D eigenvalue weighted by Crippen LogP contribution is 2.16. The van der Waals surface area contributed by atoms with Crippen molar-refractivity contribution in [2.45, 2.75) is 31.7 Å². The molecule has 26 heavy (non-hydrogen) atoms. The second kappa shape index (κ2) is 8.80. The number of guanidine groups is 1. The number of aromatic nitrogens is 1. The summed E-state index contributed by atoms with van der Waals surface area (Å²) in [7, 11) is -1.47. The van der Waals surface area contributed by atoms with Gasteiger partial charge in [0.05, 0.1) is 4.90 Å². The smallest absolute Gasteiger partial charge is 0.191 e. The molecule has 1 heterocycles. The third-order valence-corrected chi connectivity index (χ3v) is 5.26.